The Bertz CT molecular complexity index is 659. The third kappa shape index (κ3) is 2.96. The van der Waals surface area contributed by atoms with Crippen molar-refractivity contribution in [1.29, 1.82) is 5.26 Å². The van der Waals surface area contributed by atoms with Gasteiger partial charge in [-0.05, 0) is 24.3 Å². The van der Waals surface area contributed by atoms with E-state index in [1.54, 1.807) is 18.3 Å². The molecule has 1 aliphatic rings. The van der Waals surface area contributed by atoms with E-state index in [1.807, 2.05) is 24.3 Å². The van der Waals surface area contributed by atoms with E-state index in [0.29, 0.717) is 11.4 Å². The number of pyridine rings is 1. The third-order valence-corrected chi connectivity index (χ3v) is 3.42. The summed E-state index contributed by atoms with van der Waals surface area (Å²) in [5, 5.41) is 12.5. The number of para-hydroxylation sites is 2. The standard InChI is InChI=1S/C16H16N4O/c17-12-13-4-3-7-19-16(13)21-15-6-2-1-5-14(15)20-10-8-18-9-11-20/h1-7,18H,8-11H2. The summed E-state index contributed by atoms with van der Waals surface area (Å²) < 4.78 is 5.89. The van der Waals surface area contributed by atoms with Crippen molar-refractivity contribution in [2.45, 2.75) is 0 Å². The van der Waals surface area contributed by atoms with E-state index in [9.17, 15) is 0 Å². The van der Waals surface area contributed by atoms with Crippen molar-refractivity contribution in [3.63, 3.8) is 0 Å². The molecule has 1 aromatic heterocycles. The van der Waals surface area contributed by atoms with Crippen LogP contribution in [0.25, 0.3) is 0 Å². The van der Waals surface area contributed by atoms with Gasteiger partial charge in [0, 0.05) is 32.4 Å². The van der Waals surface area contributed by atoms with E-state index in [2.05, 4.69) is 21.3 Å². The zero-order valence-corrected chi connectivity index (χ0v) is 11.6. The Balaban J connectivity index is 1.90. The molecule has 0 radical (unpaired) electrons. The largest absolute Gasteiger partial charge is 0.436 e. The first-order chi connectivity index (χ1) is 10.4. The van der Waals surface area contributed by atoms with Crippen molar-refractivity contribution in [1.82, 2.24) is 10.3 Å². The minimum absolute atomic E-state index is 0.350. The number of anilines is 1. The smallest absolute Gasteiger partial charge is 0.237 e. The summed E-state index contributed by atoms with van der Waals surface area (Å²) in [5.74, 6) is 1.08. The Morgan fingerprint density at radius 2 is 1.95 bits per heavy atom. The number of aromatic nitrogens is 1. The topological polar surface area (TPSA) is 61.2 Å². The predicted molar refractivity (Wildman–Crippen MR) is 80.6 cm³/mol. The Morgan fingerprint density at radius 3 is 2.76 bits per heavy atom. The Labute approximate surface area is 123 Å². The number of ether oxygens (including phenoxy) is 1. The van der Waals surface area contributed by atoms with Gasteiger partial charge in [0.25, 0.3) is 0 Å². The van der Waals surface area contributed by atoms with Crippen LogP contribution in [0, 0.1) is 11.3 Å². The van der Waals surface area contributed by atoms with Crippen LogP contribution in [0.4, 0.5) is 5.69 Å². The molecule has 0 unspecified atom stereocenters. The Kier molecular flexibility index (Phi) is 3.99. The highest BCUT2D eigenvalue weighted by Gasteiger charge is 2.16. The maximum absolute atomic E-state index is 9.13. The van der Waals surface area contributed by atoms with Gasteiger partial charge in [0.15, 0.2) is 5.75 Å². The van der Waals surface area contributed by atoms with Gasteiger partial charge in [0.1, 0.15) is 11.6 Å². The number of hydrogen-bond donors (Lipinski definition) is 1. The maximum Gasteiger partial charge on any atom is 0.237 e. The molecule has 5 nitrogen and oxygen atoms in total. The van der Waals surface area contributed by atoms with Crippen molar-refractivity contribution in [3.8, 4) is 17.7 Å². The molecule has 5 heteroatoms. The SMILES string of the molecule is N#Cc1cccnc1Oc1ccccc1N1CCNCC1. The first-order valence-electron chi connectivity index (χ1n) is 6.96. The van der Waals surface area contributed by atoms with Crippen LogP contribution in [0.1, 0.15) is 5.56 Å². The predicted octanol–water partition coefficient (Wildman–Crippen LogP) is 2.16. The molecule has 2 aromatic rings. The molecule has 1 aliphatic heterocycles. The third-order valence-electron chi connectivity index (χ3n) is 3.42. The lowest BCUT2D eigenvalue weighted by molar-refractivity contribution is 0.458. The summed E-state index contributed by atoms with van der Waals surface area (Å²) >= 11 is 0. The molecular formula is C16H16N4O. The summed E-state index contributed by atoms with van der Waals surface area (Å²) in [6.45, 7) is 3.80. The van der Waals surface area contributed by atoms with Crippen LogP contribution in [-0.2, 0) is 0 Å². The molecule has 1 N–H and O–H groups in total. The highest BCUT2D eigenvalue weighted by molar-refractivity contribution is 5.60. The van der Waals surface area contributed by atoms with Gasteiger partial charge in [0.2, 0.25) is 5.88 Å². The van der Waals surface area contributed by atoms with Gasteiger partial charge < -0.3 is 15.0 Å². The molecule has 1 fully saturated rings. The zero-order chi connectivity index (χ0) is 14.5. The van der Waals surface area contributed by atoms with Crippen molar-refractivity contribution >= 4 is 5.69 Å². The second-order valence-corrected chi connectivity index (χ2v) is 4.77. The summed E-state index contributed by atoms with van der Waals surface area (Å²) in [7, 11) is 0. The van der Waals surface area contributed by atoms with Crippen LogP contribution in [0.3, 0.4) is 0 Å². The molecule has 0 amide bonds. The van der Waals surface area contributed by atoms with Gasteiger partial charge in [-0.2, -0.15) is 5.26 Å². The fourth-order valence-electron chi connectivity index (χ4n) is 2.37. The first kappa shape index (κ1) is 13.4. The number of rotatable bonds is 3. The number of nitrogens with zero attached hydrogens (tertiary/aromatic N) is 3. The number of nitrogens with one attached hydrogen (secondary N) is 1. The first-order valence-corrected chi connectivity index (χ1v) is 6.96. The second-order valence-electron chi connectivity index (χ2n) is 4.77. The molecule has 0 spiro atoms. The molecule has 21 heavy (non-hydrogen) atoms. The lowest BCUT2D eigenvalue weighted by Crippen LogP contribution is -2.43. The van der Waals surface area contributed by atoms with Crippen LogP contribution < -0.4 is 15.0 Å². The summed E-state index contributed by atoms with van der Waals surface area (Å²) in [5.41, 5.74) is 1.47. The van der Waals surface area contributed by atoms with Gasteiger partial charge in [-0.1, -0.05) is 12.1 Å². The lowest BCUT2D eigenvalue weighted by Gasteiger charge is -2.30. The molecule has 0 bridgehead atoms. The molecule has 0 atom stereocenters. The normalized spacial score (nSPS) is 14.5. The second kappa shape index (κ2) is 6.25. The number of piperazine rings is 1. The van der Waals surface area contributed by atoms with Crippen LogP contribution in [-0.4, -0.2) is 31.2 Å². The van der Waals surface area contributed by atoms with Crippen LogP contribution in [0.2, 0.25) is 0 Å². The van der Waals surface area contributed by atoms with Crippen molar-refractivity contribution in [2.24, 2.45) is 0 Å². The highest BCUT2D eigenvalue weighted by Crippen LogP contribution is 2.32. The summed E-state index contributed by atoms with van der Waals surface area (Å²) in [6, 6.07) is 13.4. The van der Waals surface area contributed by atoms with Gasteiger partial charge in [-0.25, -0.2) is 4.98 Å². The van der Waals surface area contributed by atoms with Crippen LogP contribution in [0.15, 0.2) is 42.6 Å². The van der Waals surface area contributed by atoms with Crippen molar-refractivity contribution in [3.05, 3.63) is 48.2 Å². The average Bonchev–Trinajstić information content (AvgIpc) is 2.57. The van der Waals surface area contributed by atoms with Crippen LogP contribution in [0.5, 0.6) is 11.6 Å². The van der Waals surface area contributed by atoms with E-state index < -0.39 is 0 Å². The quantitative estimate of drug-likeness (QED) is 0.933. The van der Waals surface area contributed by atoms with Gasteiger partial charge in [-0.15, -0.1) is 0 Å². The molecule has 1 aromatic carbocycles. The fourth-order valence-corrected chi connectivity index (χ4v) is 2.37. The van der Waals surface area contributed by atoms with Gasteiger partial charge >= 0.3 is 0 Å². The zero-order valence-electron chi connectivity index (χ0n) is 11.6. The molecule has 2 heterocycles. The maximum atomic E-state index is 9.13. The van der Waals surface area contributed by atoms with Gasteiger partial charge in [0.05, 0.1) is 5.69 Å². The number of benzene rings is 1. The highest BCUT2D eigenvalue weighted by atomic mass is 16.5. The number of nitriles is 1. The van der Waals surface area contributed by atoms with Crippen molar-refractivity contribution in [2.75, 3.05) is 31.1 Å². The lowest BCUT2D eigenvalue weighted by atomic mass is 10.2. The minimum atomic E-state index is 0.350. The van der Waals surface area contributed by atoms with Crippen molar-refractivity contribution < 1.29 is 4.74 Å². The number of hydrogen-bond acceptors (Lipinski definition) is 5. The van der Waals surface area contributed by atoms with E-state index in [1.165, 1.54) is 0 Å². The Hall–Kier alpha value is -2.58. The minimum Gasteiger partial charge on any atom is -0.436 e. The van der Waals surface area contributed by atoms with Crippen LogP contribution >= 0.6 is 0 Å². The monoisotopic (exact) mass is 280 g/mol. The molecule has 0 saturated carbocycles. The van der Waals surface area contributed by atoms with E-state index >= 15 is 0 Å². The molecule has 106 valence electrons. The van der Waals surface area contributed by atoms with Gasteiger partial charge in [-0.3, -0.25) is 0 Å². The van der Waals surface area contributed by atoms with E-state index in [4.69, 9.17) is 10.00 Å². The Morgan fingerprint density at radius 1 is 1.14 bits per heavy atom. The molecule has 1 saturated heterocycles. The fraction of sp³-hybridized carbons (Fsp3) is 0.250. The molecular weight excluding hydrogens is 264 g/mol. The molecule has 0 aliphatic carbocycles. The molecule has 3 rings (SSSR count). The summed E-state index contributed by atoms with van der Waals surface area (Å²) in [4.78, 5) is 6.43. The van der Waals surface area contributed by atoms with E-state index in [-0.39, 0.29) is 0 Å². The summed E-state index contributed by atoms with van der Waals surface area (Å²) in [6.07, 6.45) is 1.63. The average molecular weight is 280 g/mol. The van der Waals surface area contributed by atoms with E-state index in [0.717, 1.165) is 37.6 Å².